The maximum atomic E-state index is 11.7. The molecule has 0 radical (unpaired) electrons. The third-order valence-electron chi connectivity index (χ3n) is 2.64. The summed E-state index contributed by atoms with van der Waals surface area (Å²) in [5.41, 5.74) is 1.65. The smallest absolute Gasteiger partial charge is 0.314 e. The number of halogens is 1. The monoisotopic (exact) mass is 373 g/mol. The Kier molecular flexibility index (Phi) is 6.07. The predicted molar refractivity (Wildman–Crippen MR) is 93.2 cm³/mol. The van der Waals surface area contributed by atoms with Gasteiger partial charge in [0.1, 0.15) is 5.40 Å². The number of amides is 2. The highest BCUT2D eigenvalue weighted by Gasteiger charge is 1.99. The molecule has 0 saturated carbocycles. The molecule has 0 atom stereocenters. The van der Waals surface area contributed by atoms with E-state index in [1.165, 1.54) is 0 Å². The molecule has 2 N–H and O–H groups in total. The van der Waals surface area contributed by atoms with Crippen LogP contribution in [0.1, 0.15) is 5.56 Å². The van der Waals surface area contributed by atoms with Gasteiger partial charge in [-0.1, -0.05) is 28.1 Å². The molecule has 4 nitrogen and oxygen atoms in total. The van der Waals surface area contributed by atoms with E-state index in [1.807, 2.05) is 29.7 Å². The lowest BCUT2D eigenvalue weighted by Crippen LogP contribution is -2.23. The van der Waals surface area contributed by atoms with Crippen molar-refractivity contribution in [1.82, 2.24) is 5.32 Å². The van der Waals surface area contributed by atoms with Gasteiger partial charge in [0, 0.05) is 21.3 Å². The van der Waals surface area contributed by atoms with E-state index in [-0.39, 0.29) is 6.03 Å². The summed E-state index contributed by atoms with van der Waals surface area (Å²) in [6.45, 7) is 0. The van der Waals surface area contributed by atoms with Crippen molar-refractivity contribution in [2.24, 2.45) is 0 Å². The topological polar surface area (TPSA) is 64.9 Å². The largest absolute Gasteiger partial charge is 0.323 e. The number of hydrogen-bond acceptors (Lipinski definition) is 3. The van der Waals surface area contributed by atoms with Crippen molar-refractivity contribution in [1.29, 1.82) is 5.26 Å². The van der Waals surface area contributed by atoms with Gasteiger partial charge in [-0.2, -0.15) is 5.26 Å². The number of rotatable bonds is 4. The van der Waals surface area contributed by atoms with E-state index in [9.17, 15) is 4.79 Å². The van der Waals surface area contributed by atoms with Crippen LogP contribution >= 0.6 is 27.7 Å². The number of nitriles is 1. The maximum absolute atomic E-state index is 11.7. The van der Waals surface area contributed by atoms with Crippen molar-refractivity contribution in [3.63, 3.8) is 0 Å². The van der Waals surface area contributed by atoms with Crippen LogP contribution in [0.15, 0.2) is 64.1 Å². The van der Waals surface area contributed by atoms with Crippen molar-refractivity contribution in [2.75, 3.05) is 5.32 Å². The summed E-state index contributed by atoms with van der Waals surface area (Å²) in [5, 5.41) is 15.9. The minimum absolute atomic E-state index is 0.325. The molecule has 110 valence electrons. The van der Waals surface area contributed by atoms with E-state index in [2.05, 4.69) is 26.6 Å². The highest BCUT2D eigenvalue weighted by molar-refractivity contribution is 9.10. The molecular weight excluding hydrogens is 362 g/mol. The zero-order valence-electron chi connectivity index (χ0n) is 11.4. The Labute approximate surface area is 141 Å². The average molecular weight is 374 g/mol. The Balaban J connectivity index is 1.85. The summed E-state index contributed by atoms with van der Waals surface area (Å²) in [7, 11) is 0. The van der Waals surface area contributed by atoms with Crippen molar-refractivity contribution in [3.8, 4) is 5.40 Å². The molecule has 0 aliphatic rings. The van der Waals surface area contributed by atoms with Gasteiger partial charge in [-0.05, 0) is 59.8 Å². The van der Waals surface area contributed by atoms with Gasteiger partial charge in [0.05, 0.1) is 0 Å². The van der Waals surface area contributed by atoms with Crippen molar-refractivity contribution in [2.45, 2.75) is 4.90 Å². The molecule has 2 amide bonds. The molecule has 6 heteroatoms. The van der Waals surface area contributed by atoms with Crippen LogP contribution in [0.4, 0.5) is 10.5 Å². The van der Waals surface area contributed by atoms with Crippen LogP contribution in [0.5, 0.6) is 0 Å². The van der Waals surface area contributed by atoms with Gasteiger partial charge in [-0.15, -0.1) is 0 Å². The number of hydrogen-bond donors (Lipinski definition) is 2. The molecule has 0 saturated heterocycles. The van der Waals surface area contributed by atoms with E-state index < -0.39 is 0 Å². The summed E-state index contributed by atoms with van der Waals surface area (Å²) in [5.74, 6) is 0. The third-order valence-corrected chi connectivity index (χ3v) is 3.76. The fraction of sp³-hybridized carbons (Fsp3) is 0. The number of benzene rings is 2. The van der Waals surface area contributed by atoms with Crippen LogP contribution in [0.2, 0.25) is 0 Å². The number of nitrogens with zero attached hydrogens (tertiary/aromatic N) is 1. The van der Waals surface area contributed by atoms with Gasteiger partial charge in [-0.3, -0.25) is 0 Å². The number of urea groups is 1. The lowest BCUT2D eigenvalue weighted by Gasteiger charge is -2.04. The number of thiocyanates is 1. The Morgan fingerprint density at radius 1 is 1.14 bits per heavy atom. The normalized spacial score (nSPS) is 10.2. The molecule has 0 unspecified atom stereocenters. The second kappa shape index (κ2) is 8.27. The van der Waals surface area contributed by atoms with E-state index in [4.69, 9.17) is 5.26 Å². The molecule has 0 bridgehead atoms. The standard InChI is InChI=1S/C16H12BrN3OS/c17-13-3-1-12(2-4-13)9-10-19-16(21)20-14-5-7-15(8-6-14)22-11-18/h1-10H,(H2,19,20,21)/b10-9+. The highest BCUT2D eigenvalue weighted by Crippen LogP contribution is 2.18. The first-order valence-corrected chi connectivity index (χ1v) is 7.94. The lowest BCUT2D eigenvalue weighted by molar-refractivity contribution is 0.255. The molecule has 0 aliphatic carbocycles. The van der Waals surface area contributed by atoms with Crippen LogP contribution in [0, 0.1) is 10.7 Å². The molecule has 2 aromatic carbocycles. The first kappa shape index (κ1) is 16.1. The molecule has 2 rings (SSSR count). The zero-order valence-corrected chi connectivity index (χ0v) is 13.8. The van der Waals surface area contributed by atoms with Crippen LogP contribution < -0.4 is 10.6 Å². The van der Waals surface area contributed by atoms with E-state index in [1.54, 1.807) is 36.5 Å². The first-order valence-electron chi connectivity index (χ1n) is 6.33. The Morgan fingerprint density at radius 3 is 2.45 bits per heavy atom. The van der Waals surface area contributed by atoms with Crippen LogP contribution in [0.3, 0.4) is 0 Å². The second-order valence-electron chi connectivity index (χ2n) is 4.20. The van der Waals surface area contributed by atoms with Gasteiger partial charge < -0.3 is 10.6 Å². The van der Waals surface area contributed by atoms with Gasteiger partial charge >= 0.3 is 6.03 Å². The maximum Gasteiger partial charge on any atom is 0.323 e. The first-order chi connectivity index (χ1) is 10.7. The highest BCUT2D eigenvalue weighted by atomic mass is 79.9. The molecule has 2 aromatic rings. The van der Waals surface area contributed by atoms with Crippen molar-refractivity contribution < 1.29 is 4.79 Å². The number of nitrogens with one attached hydrogen (secondary N) is 2. The van der Waals surface area contributed by atoms with Crippen LogP contribution in [-0.4, -0.2) is 6.03 Å². The Morgan fingerprint density at radius 2 is 1.82 bits per heavy atom. The van der Waals surface area contributed by atoms with Crippen molar-refractivity contribution >= 4 is 45.5 Å². The number of carbonyl (C=O) groups is 1. The Bertz CT molecular complexity index is 706. The van der Waals surface area contributed by atoms with Gasteiger partial charge in [0.2, 0.25) is 0 Å². The second-order valence-corrected chi connectivity index (χ2v) is 5.97. The SMILES string of the molecule is N#CSc1ccc(NC(=O)N/C=C/c2ccc(Br)cc2)cc1. The van der Waals surface area contributed by atoms with E-state index in [0.29, 0.717) is 5.69 Å². The summed E-state index contributed by atoms with van der Waals surface area (Å²) >= 11 is 4.44. The molecule has 0 fully saturated rings. The minimum atomic E-state index is -0.325. The summed E-state index contributed by atoms with van der Waals surface area (Å²) in [6, 6.07) is 14.5. The quantitative estimate of drug-likeness (QED) is 0.596. The molecule has 0 heterocycles. The van der Waals surface area contributed by atoms with Gasteiger partial charge in [-0.25, -0.2) is 4.79 Å². The molecule has 0 aliphatic heterocycles. The van der Waals surface area contributed by atoms with Crippen LogP contribution in [-0.2, 0) is 0 Å². The van der Waals surface area contributed by atoms with Crippen LogP contribution in [0.25, 0.3) is 6.08 Å². The lowest BCUT2D eigenvalue weighted by atomic mass is 10.2. The fourth-order valence-corrected chi connectivity index (χ4v) is 2.26. The van der Waals surface area contributed by atoms with E-state index in [0.717, 1.165) is 26.7 Å². The predicted octanol–water partition coefficient (Wildman–Crippen LogP) is 4.81. The number of carbonyl (C=O) groups excluding carboxylic acids is 1. The summed E-state index contributed by atoms with van der Waals surface area (Å²) < 4.78 is 1.01. The molecule has 0 spiro atoms. The van der Waals surface area contributed by atoms with Crippen molar-refractivity contribution in [3.05, 3.63) is 64.8 Å². The molecule has 22 heavy (non-hydrogen) atoms. The number of anilines is 1. The number of thioether (sulfide) groups is 1. The third kappa shape index (κ3) is 5.28. The average Bonchev–Trinajstić information content (AvgIpc) is 2.51. The molecule has 0 aromatic heterocycles. The molecular formula is C16H12BrN3OS. The Hall–Kier alpha value is -2.23. The van der Waals surface area contributed by atoms with Gasteiger partial charge in [0.15, 0.2) is 0 Å². The fourth-order valence-electron chi connectivity index (χ4n) is 1.61. The van der Waals surface area contributed by atoms with E-state index >= 15 is 0 Å². The minimum Gasteiger partial charge on any atom is -0.314 e. The summed E-state index contributed by atoms with van der Waals surface area (Å²) in [4.78, 5) is 12.6. The zero-order chi connectivity index (χ0) is 15.8. The van der Waals surface area contributed by atoms with Gasteiger partial charge in [0.25, 0.3) is 0 Å². The summed E-state index contributed by atoms with van der Waals surface area (Å²) in [6.07, 6.45) is 3.39.